The zero-order chi connectivity index (χ0) is 9.85. The third-order valence-corrected chi connectivity index (χ3v) is 5.59. The summed E-state index contributed by atoms with van der Waals surface area (Å²) in [6, 6.07) is 0. The molecule has 0 aromatic carbocycles. The molecule has 0 amide bonds. The summed E-state index contributed by atoms with van der Waals surface area (Å²) in [5.41, 5.74) is 1.10. The van der Waals surface area contributed by atoms with Gasteiger partial charge in [0.2, 0.25) is 0 Å². The van der Waals surface area contributed by atoms with Gasteiger partial charge in [0.25, 0.3) is 0 Å². The summed E-state index contributed by atoms with van der Waals surface area (Å²) in [5.74, 6) is 3.02. The largest absolute Gasteiger partial charge is 0.0617 e. The van der Waals surface area contributed by atoms with E-state index in [9.17, 15) is 0 Å². The zero-order valence-corrected chi connectivity index (χ0v) is 9.85. The van der Waals surface area contributed by atoms with Crippen LogP contribution in [0.25, 0.3) is 0 Å². The highest BCUT2D eigenvalue weighted by atomic mass is 14.6. The highest BCUT2D eigenvalue weighted by Gasteiger charge is 2.57. The van der Waals surface area contributed by atoms with E-state index in [0.29, 0.717) is 10.8 Å². The van der Waals surface area contributed by atoms with E-state index in [1.54, 1.807) is 0 Å². The minimum Gasteiger partial charge on any atom is -0.0617 e. The fraction of sp³-hybridized carbons (Fsp3) is 1.00. The number of fused-ring (bicyclic) bond motifs is 2. The van der Waals surface area contributed by atoms with E-state index in [1.807, 2.05) is 0 Å². The Morgan fingerprint density at radius 1 is 1.15 bits per heavy atom. The Balaban J connectivity index is 2.33. The molecule has 0 aromatic rings. The lowest BCUT2D eigenvalue weighted by Gasteiger charge is -2.49. The molecule has 0 saturated heterocycles. The Bertz CT molecular complexity index is 207. The van der Waals surface area contributed by atoms with Crippen LogP contribution >= 0.6 is 0 Å². The van der Waals surface area contributed by atoms with Crippen LogP contribution in [0.4, 0.5) is 0 Å². The minimum atomic E-state index is 0.492. The van der Waals surface area contributed by atoms with Crippen molar-refractivity contribution in [3.63, 3.8) is 0 Å². The second-order valence-corrected chi connectivity index (χ2v) is 6.59. The molecule has 0 heteroatoms. The normalized spacial score (nSPS) is 50.1. The molecule has 2 bridgehead atoms. The van der Waals surface area contributed by atoms with Gasteiger partial charge in [0.1, 0.15) is 0 Å². The van der Waals surface area contributed by atoms with Crippen molar-refractivity contribution in [1.29, 1.82) is 0 Å². The quantitative estimate of drug-likeness (QED) is 0.526. The van der Waals surface area contributed by atoms with Crippen molar-refractivity contribution in [2.45, 2.75) is 53.9 Å². The first kappa shape index (κ1) is 9.55. The molecule has 76 valence electrons. The molecule has 2 aliphatic rings. The van der Waals surface area contributed by atoms with Gasteiger partial charge in [-0.05, 0) is 47.8 Å². The molecule has 13 heavy (non-hydrogen) atoms. The molecule has 2 saturated carbocycles. The van der Waals surface area contributed by atoms with Gasteiger partial charge >= 0.3 is 0 Å². The lowest BCUT2D eigenvalue weighted by Crippen LogP contribution is -2.43. The summed E-state index contributed by atoms with van der Waals surface area (Å²) in [6.45, 7) is 12.3. The van der Waals surface area contributed by atoms with Crippen molar-refractivity contribution in [2.24, 2.45) is 28.6 Å². The zero-order valence-electron chi connectivity index (χ0n) is 9.85. The maximum atomic E-state index is 2.54. The van der Waals surface area contributed by atoms with Gasteiger partial charge in [-0.2, -0.15) is 0 Å². The van der Waals surface area contributed by atoms with Gasteiger partial charge in [-0.15, -0.1) is 0 Å². The number of rotatable bonds is 0. The van der Waals surface area contributed by atoms with Crippen LogP contribution in [0.2, 0.25) is 0 Å². The molecule has 0 radical (unpaired) electrons. The van der Waals surface area contributed by atoms with Crippen LogP contribution in [0.3, 0.4) is 0 Å². The molecule has 0 aliphatic heterocycles. The first-order valence-corrected chi connectivity index (χ1v) is 5.87. The molecule has 0 spiro atoms. The van der Waals surface area contributed by atoms with Crippen molar-refractivity contribution in [1.82, 2.24) is 0 Å². The maximum absolute atomic E-state index is 2.54. The summed E-state index contributed by atoms with van der Waals surface area (Å²) < 4.78 is 0. The molecule has 1 unspecified atom stereocenters. The van der Waals surface area contributed by atoms with Gasteiger partial charge in [0, 0.05) is 0 Å². The molecule has 4 atom stereocenters. The third kappa shape index (κ3) is 1.04. The fourth-order valence-electron chi connectivity index (χ4n) is 4.17. The molecule has 2 rings (SSSR count). The van der Waals surface area contributed by atoms with Gasteiger partial charge in [-0.3, -0.25) is 0 Å². The highest BCUT2D eigenvalue weighted by molar-refractivity contribution is 5.06. The fourth-order valence-corrected chi connectivity index (χ4v) is 4.17. The summed E-state index contributed by atoms with van der Waals surface area (Å²) in [6.07, 6.45) is 4.54. The van der Waals surface area contributed by atoms with Gasteiger partial charge in [0.15, 0.2) is 0 Å². The van der Waals surface area contributed by atoms with E-state index in [1.165, 1.54) is 19.3 Å². The summed E-state index contributed by atoms with van der Waals surface area (Å²) >= 11 is 0. The summed E-state index contributed by atoms with van der Waals surface area (Å²) in [7, 11) is 0. The predicted molar refractivity (Wildman–Crippen MR) is 57.6 cm³/mol. The van der Waals surface area contributed by atoms with Gasteiger partial charge in [-0.25, -0.2) is 0 Å². The van der Waals surface area contributed by atoms with Crippen LogP contribution < -0.4 is 0 Å². The monoisotopic (exact) mass is 180 g/mol. The van der Waals surface area contributed by atoms with Crippen LogP contribution in [0.5, 0.6) is 0 Å². The Kier molecular flexibility index (Phi) is 1.85. The van der Waals surface area contributed by atoms with E-state index in [2.05, 4.69) is 34.6 Å². The Morgan fingerprint density at radius 3 is 2.08 bits per heavy atom. The van der Waals surface area contributed by atoms with Crippen molar-refractivity contribution in [3.8, 4) is 0 Å². The summed E-state index contributed by atoms with van der Waals surface area (Å²) in [4.78, 5) is 0. The third-order valence-electron chi connectivity index (χ3n) is 5.59. The van der Waals surface area contributed by atoms with E-state index >= 15 is 0 Å². The van der Waals surface area contributed by atoms with Gasteiger partial charge in [0.05, 0.1) is 0 Å². The van der Waals surface area contributed by atoms with Crippen molar-refractivity contribution in [3.05, 3.63) is 0 Å². The van der Waals surface area contributed by atoms with E-state index in [4.69, 9.17) is 0 Å². The number of hydrogen-bond donors (Lipinski definition) is 0. The van der Waals surface area contributed by atoms with Crippen molar-refractivity contribution >= 4 is 0 Å². The van der Waals surface area contributed by atoms with Crippen molar-refractivity contribution in [2.75, 3.05) is 0 Å². The van der Waals surface area contributed by atoms with E-state index < -0.39 is 0 Å². The molecule has 0 aromatic heterocycles. The maximum Gasteiger partial charge on any atom is -0.0221 e. The smallest absolute Gasteiger partial charge is 0.0221 e. The molecule has 0 nitrogen and oxygen atoms in total. The first-order chi connectivity index (χ1) is 5.87. The van der Waals surface area contributed by atoms with Crippen LogP contribution in [0.15, 0.2) is 0 Å². The standard InChI is InChI=1S/C13H24/c1-9-10-6-7-11(8-10)13(9,5)12(2,3)4/h9-11H,6-8H2,1-5H3/t9-,10-,11+,13?/m1/s1. The molecular formula is C13H24. The Morgan fingerprint density at radius 2 is 1.77 bits per heavy atom. The lowest BCUT2D eigenvalue weighted by atomic mass is 9.55. The second kappa shape index (κ2) is 2.52. The van der Waals surface area contributed by atoms with Crippen LogP contribution in [-0.2, 0) is 0 Å². The molecule has 2 aliphatic carbocycles. The first-order valence-electron chi connectivity index (χ1n) is 5.87. The average molecular weight is 180 g/mol. The predicted octanol–water partition coefficient (Wildman–Crippen LogP) is 4.10. The van der Waals surface area contributed by atoms with Crippen LogP contribution in [0.1, 0.15) is 53.9 Å². The molecular weight excluding hydrogens is 156 g/mol. The van der Waals surface area contributed by atoms with Gasteiger partial charge in [-0.1, -0.05) is 34.6 Å². The molecule has 2 fully saturated rings. The average Bonchev–Trinajstić information content (AvgIpc) is 2.53. The van der Waals surface area contributed by atoms with Crippen LogP contribution in [-0.4, -0.2) is 0 Å². The van der Waals surface area contributed by atoms with Gasteiger partial charge < -0.3 is 0 Å². The molecule has 0 N–H and O–H groups in total. The highest BCUT2D eigenvalue weighted by Crippen LogP contribution is 2.65. The molecule has 0 heterocycles. The van der Waals surface area contributed by atoms with E-state index in [0.717, 1.165) is 17.8 Å². The van der Waals surface area contributed by atoms with Crippen molar-refractivity contribution < 1.29 is 0 Å². The Hall–Kier alpha value is 0. The second-order valence-electron chi connectivity index (χ2n) is 6.59. The van der Waals surface area contributed by atoms with E-state index in [-0.39, 0.29) is 0 Å². The summed E-state index contributed by atoms with van der Waals surface area (Å²) in [5, 5.41) is 0. The van der Waals surface area contributed by atoms with Crippen LogP contribution in [0, 0.1) is 28.6 Å². The Labute approximate surface area is 83.1 Å². The SMILES string of the molecule is C[C@@H]1[C@@H]2CC[C@@H](C2)C1(C)C(C)(C)C. The topological polar surface area (TPSA) is 0 Å². The lowest BCUT2D eigenvalue weighted by molar-refractivity contribution is -0.00859. The minimum absolute atomic E-state index is 0.492. The number of hydrogen-bond acceptors (Lipinski definition) is 0.